The zero-order valence-electron chi connectivity index (χ0n) is 15.1. The van der Waals surface area contributed by atoms with Gasteiger partial charge in [0.05, 0.1) is 0 Å². The molecule has 0 bridgehead atoms. The van der Waals surface area contributed by atoms with E-state index < -0.39 is 29.1 Å². The molecular formula is C16H17K2O7PS. The SMILES string of the molecule is O=P([O-])([O-])C(CCCc1ccc(Oc2ccccc2)cc1)S(=O)(=O)O.[K+].[K+]. The van der Waals surface area contributed by atoms with Crippen LogP contribution in [0.4, 0.5) is 0 Å². The van der Waals surface area contributed by atoms with E-state index in [4.69, 9.17) is 9.29 Å². The average molecular weight is 463 g/mol. The zero-order chi connectivity index (χ0) is 18.5. The first kappa shape index (κ1) is 28.6. The van der Waals surface area contributed by atoms with Crippen molar-refractivity contribution in [2.75, 3.05) is 0 Å². The van der Waals surface area contributed by atoms with Crippen LogP contribution in [0.25, 0.3) is 0 Å². The fourth-order valence-electron chi connectivity index (χ4n) is 2.30. The maximum absolute atomic E-state index is 11.0. The molecule has 1 unspecified atom stereocenters. The van der Waals surface area contributed by atoms with Gasteiger partial charge in [0.15, 0.2) is 0 Å². The van der Waals surface area contributed by atoms with E-state index in [0.29, 0.717) is 17.9 Å². The van der Waals surface area contributed by atoms with Crippen LogP contribution in [0.5, 0.6) is 11.5 Å². The predicted octanol–water partition coefficient (Wildman–Crippen LogP) is -4.06. The molecule has 0 fully saturated rings. The smallest absolute Gasteiger partial charge is 0.810 e. The fraction of sp³-hybridized carbons (Fsp3) is 0.250. The van der Waals surface area contributed by atoms with E-state index in [1.807, 2.05) is 30.3 Å². The third kappa shape index (κ3) is 10.4. The monoisotopic (exact) mass is 462 g/mol. The molecule has 11 heteroatoms. The second-order valence-corrected chi connectivity index (χ2v) is 9.11. The molecule has 7 nitrogen and oxygen atoms in total. The first-order valence-electron chi connectivity index (χ1n) is 7.46. The summed E-state index contributed by atoms with van der Waals surface area (Å²) in [5.74, 6) is 1.31. The molecule has 2 rings (SSSR count). The summed E-state index contributed by atoms with van der Waals surface area (Å²) in [5, 5.41) is 0. The molecule has 0 aliphatic heterocycles. The van der Waals surface area contributed by atoms with Gasteiger partial charge in [-0.3, -0.25) is 4.55 Å². The van der Waals surface area contributed by atoms with Crippen LogP contribution >= 0.6 is 7.60 Å². The van der Waals surface area contributed by atoms with Gasteiger partial charge in [0.2, 0.25) is 0 Å². The number of aryl methyl sites for hydroxylation is 1. The number of hydrogen-bond donors (Lipinski definition) is 1. The Labute approximate surface area is 244 Å². The maximum atomic E-state index is 11.0. The van der Waals surface area contributed by atoms with Crippen molar-refractivity contribution in [3.63, 3.8) is 0 Å². The number of hydrogen-bond acceptors (Lipinski definition) is 6. The van der Waals surface area contributed by atoms with Gasteiger partial charge < -0.3 is 19.1 Å². The number of ether oxygens (including phenoxy) is 1. The third-order valence-corrected chi connectivity index (χ3v) is 6.98. The second kappa shape index (κ2) is 13.1. The molecule has 2 aromatic carbocycles. The Hall–Kier alpha value is 1.57. The second-order valence-electron chi connectivity index (χ2n) is 5.46. The van der Waals surface area contributed by atoms with Gasteiger partial charge in [-0.15, -0.1) is 0 Å². The van der Waals surface area contributed by atoms with Crippen molar-refractivity contribution in [1.82, 2.24) is 0 Å². The van der Waals surface area contributed by atoms with Crippen LogP contribution in [0.2, 0.25) is 0 Å². The Morgan fingerprint density at radius 3 is 1.96 bits per heavy atom. The van der Waals surface area contributed by atoms with Crippen molar-refractivity contribution >= 4 is 17.7 Å². The summed E-state index contributed by atoms with van der Waals surface area (Å²) in [6.45, 7) is 0. The van der Waals surface area contributed by atoms with Gasteiger partial charge in [-0.1, -0.05) is 30.3 Å². The third-order valence-electron chi connectivity index (χ3n) is 3.52. The van der Waals surface area contributed by atoms with Crippen LogP contribution in [0, 0.1) is 0 Å². The molecule has 0 radical (unpaired) electrons. The molecule has 0 aliphatic carbocycles. The largest absolute Gasteiger partial charge is 1.00 e. The van der Waals surface area contributed by atoms with Crippen molar-refractivity contribution in [2.24, 2.45) is 0 Å². The van der Waals surface area contributed by atoms with E-state index >= 15 is 0 Å². The molecule has 136 valence electrons. The summed E-state index contributed by atoms with van der Waals surface area (Å²) in [7, 11) is -10.3. The minimum absolute atomic E-state index is 0. The van der Waals surface area contributed by atoms with Crippen LogP contribution in [-0.2, 0) is 21.1 Å². The summed E-state index contributed by atoms with van der Waals surface area (Å²) >= 11 is 0. The fourth-order valence-corrected chi connectivity index (χ4v) is 4.57. The Morgan fingerprint density at radius 2 is 1.48 bits per heavy atom. The summed E-state index contributed by atoms with van der Waals surface area (Å²) in [6.07, 6.45) is 0.0286. The zero-order valence-corrected chi connectivity index (χ0v) is 23.1. The van der Waals surface area contributed by atoms with E-state index in [0.717, 1.165) is 5.56 Å². The molecule has 1 N–H and O–H groups in total. The molecule has 0 aliphatic rings. The van der Waals surface area contributed by atoms with Crippen LogP contribution in [0.3, 0.4) is 0 Å². The molecule has 0 saturated heterocycles. The van der Waals surface area contributed by atoms with Gasteiger partial charge in [0.1, 0.15) is 16.5 Å². The first-order valence-corrected chi connectivity index (χ1v) is 10.6. The number of para-hydroxylation sites is 1. The van der Waals surface area contributed by atoms with E-state index in [-0.39, 0.29) is 109 Å². The molecular weight excluding hydrogens is 445 g/mol. The Morgan fingerprint density at radius 1 is 0.963 bits per heavy atom. The van der Waals surface area contributed by atoms with Crippen LogP contribution in [0.15, 0.2) is 54.6 Å². The number of rotatable bonds is 8. The summed E-state index contributed by atoms with van der Waals surface area (Å²) in [6, 6.07) is 16.2. The Balaban J connectivity index is 0.00000338. The molecule has 0 saturated carbocycles. The van der Waals surface area contributed by atoms with Gasteiger partial charge in [-0.2, -0.15) is 8.42 Å². The van der Waals surface area contributed by atoms with Gasteiger partial charge in [0.25, 0.3) is 10.1 Å². The summed E-state index contributed by atoms with van der Waals surface area (Å²) in [4.78, 5) is 19.6. The minimum atomic E-state index is -5.42. The molecule has 0 spiro atoms. The van der Waals surface area contributed by atoms with E-state index in [1.54, 1.807) is 24.3 Å². The Bertz CT molecular complexity index is 839. The van der Waals surface area contributed by atoms with Gasteiger partial charge in [-0.05, 0) is 56.7 Å². The first-order chi connectivity index (χ1) is 11.7. The predicted molar refractivity (Wildman–Crippen MR) is 88.8 cm³/mol. The molecule has 27 heavy (non-hydrogen) atoms. The molecule has 1 atom stereocenters. The summed E-state index contributed by atoms with van der Waals surface area (Å²) in [5.41, 5.74) is 0.820. The number of benzene rings is 2. The van der Waals surface area contributed by atoms with Crippen molar-refractivity contribution < 1.29 is 135 Å². The van der Waals surface area contributed by atoms with Crippen molar-refractivity contribution in [1.29, 1.82) is 0 Å². The van der Waals surface area contributed by atoms with E-state index in [1.165, 1.54) is 0 Å². The van der Waals surface area contributed by atoms with Gasteiger partial charge in [-0.25, -0.2) is 0 Å². The Kier molecular flexibility index (Phi) is 13.8. The topological polar surface area (TPSA) is 127 Å². The molecule has 0 heterocycles. The van der Waals surface area contributed by atoms with E-state index in [9.17, 15) is 22.8 Å². The maximum Gasteiger partial charge on any atom is 1.00 e. The van der Waals surface area contributed by atoms with Gasteiger partial charge >= 0.3 is 103 Å². The van der Waals surface area contributed by atoms with Crippen LogP contribution < -0.4 is 117 Å². The van der Waals surface area contributed by atoms with Crippen LogP contribution in [-0.4, -0.2) is 18.0 Å². The average Bonchev–Trinajstić information content (AvgIpc) is 2.51. The van der Waals surface area contributed by atoms with E-state index in [2.05, 4.69) is 0 Å². The van der Waals surface area contributed by atoms with Crippen molar-refractivity contribution in [2.45, 2.75) is 24.3 Å². The van der Waals surface area contributed by atoms with Crippen LogP contribution in [0.1, 0.15) is 18.4 Å². The standard InChI is InChI=1S/C16H19O7PS.2K/c17-24(18,19)16(25(20,21)22)8-4-5-13-9-11-15(12-10-13)23-14-6-2-1-3-7-14;;/h1-3,6-7,9-12,16H,4-5,8H2,(H2,17,18,19)(H,20,21,22);;/q;2*+1/p-2. The van der Waals surface area contributed by atoms with Gasteiger partial charge in [0, 0.05) is 0 Å². The normalized spacial score (nSPS) is 12.4. The molecule has 0 aromatic heterocycles. The molecule has 2 aromatic rings. The quantitative estimate of drug-likeness (QED) is 0.240. The minimum Gasteiger partial charge on any atom is -0.810 e. The summed E-state index contributed by atoms with van der Waals surface area (Å²) < 4.78 is 47.5. The van der Waals surface area contributed by atoms with Crippen molar-refractivity contribution in [3.05, 3.63) is 60.2 Å². The van der Waals surface area contributed by atoms with Crippen molar-refractivity contribution in [3.8, 4) is 11.5 Å². The molecule has 0 amide bonds.